The average molecular weight is 247 g/mol. The Labute approximate surface area is 106 Å². The van der Waals surface area contributed by atoms with E-state index in [-0.39, 0.29) is 0 Å². The van der Waals surface area contributed by atoms with E-state index in [0.717, 1.165) is 22.4 Å². The van der Waals surface area contributed by atoms with Gasteiger partial charge in [-0.2, -0.15) is 11.3 Å². The fraction of sp³-hybridized carbons (Fsp3) is 0.286. The number of hydrogen-bond donors (Lipinski definition) is 1. The molecular weight excluding hydrogens is 230 g/mol. The molecule has 17 heavy (non-hydrogen) atoms. The van der Waals surface area contributed by atoms with Crippen molar-refractivity contribution in [3.63, 3.8) is 0 Å². The molecule has 0 amide bonds. The van der Waals surface area contributed by atoms with Crippen molar-refractivity contribution in [3.05, 3.63) is 51.2 Å². The Morgan fingerprint density at radius 2 is 1.88 bits per heavy atom. The van der Waals surface area contributed by atoms with Crippen molar-refractivity contribution in [1.82, 2.24) is 0 Å². The quantitative estimate of drug-likeness (QED) is 0.898. The van der Waals surface area contributed by atoms with Crippen LogP contribution in [0.4, 0.5) is 0 Å². The number of nitrogens with two attached hydrogens (primary N) is 1. The van der Waals surface area contributed by atoms with Crippen LogP contribution in [0, 0.1) is 13.8 Å². The van der Waals surface area contributed by atoms with E-state index in [1.165, 1.54) is 5.56 Å². The van der Waals surface area contributed by atoms with Gasteiger partial charge in [0.1, 0.15) is 12.4 Å². The van der Waals surface area contributed by atoms with Crippen LogP contribution in [0.3, 0.4) is 0 Å². The van der Waals surface area contributed by atoms with Gasteiger partial charge in [0, 0.05) is 6.54 Å². The highest BCUT2D eigenvalue weighted by Gasteiger charge is 2.06. The minimum Gasteiger partial charge on any atom is -0.488 e. The third-order valence-electron chi connectivity index (χ3n) is 2.72. The van der Waals surface area contributed by atoms with E-state index >= 15 is 0 Å². The van der Waals surface area contributed by atoms with Crippen molar-refractivity contribution in [2.75, 3.05) is 0 Å². The van der Waals surface area contributed by atoms with Gasteiger partial charge >= 0.3 is 0 Å². The third kappa shape index (κ3) is 2.87. The van der Waals surface area contributed by atoms with Crippen LogP contribution in [0.1, 0.15) is 22.3 Å². The van der Waals surface area contributed by atoms with Gasteiger partial charge in [-0.05, 0) is 52.9 Å². The van der Waals surface area contributed by atoms with Gasteiger partial charge < -0.3 is 10.5 Å². The van der Waals surface area contributed by atoms with Crippen molar-refractivity contribution in [2.45, 2.75) is 27.0 Å². The fourth-order valence-electron chi connectivity index (χ4n) is 1.92. The minimum atomic E-state index is 0.576. The molecule has 2 N–H and O–H groups in total. The van der Waals surface area contributed by atoms with Gasteiger partial charge in [0.15, 0.2) is 0 Å². The first kappa shape index (κ1) is 12.1. The van der Waals surface area contributed by atoms with Crippen LogP contribution >= 0.6 is 11.3 Å². The Morgan fingerprint density at radius 1 is 1.18 bits per heavy atom. The van der Waals surface area contributed by atoms with E-state index in [2.05, 4.69) is 42.8 Å². The summed E-state index contributed by atoms with van der Waals surface area (Å²) in [5, 5.41) is 4.18. The molecule has 0 spiro atoms. The third-order valence-corrected chi connectivity index (χ3v) is 3.45. The van der Waals surface area contributed by atoms with Gasteiger partial charge in [-0.1, -0.05) is 12.1 Å². The van der Waals surface area contributed by atoms with Gasteiger partial charge in [-0.15, -0.1) is 0 Å². The monoisotopic (exact) mass is 247 g/mol. The highest BCUT2D eigenvalue weighted by molar-refractivity contribution is 7.07. The first-order chi connectivity index (χ1) is 8.20. The molecule has 2 nitrogen and oxygen atoms in total. The number of ether oxygens (including phenoxy) is 1. The smallest absolute Gasteiger partial charge is 0.125 e. The Bertz CT molecular complexity index is 468. The van der Waals surface area contributed by atoms with Crippen LogP contribution in [-0.4, -0.2) is 0 Å². The molecule has 0 unspecified atom stereocenters. The topological polar surface area (TPSA) is 35.2 Å². The van der Waals surface area contributed by atoms with Gasteiger partial charge in [0.05, 0.1) is 0 Å². The Kier molecular flexibility index (Phi) is 3.82. The summed E-state index contributed by atoms with van der Waals surface area (Å²) in [6.07, 6.45) is 0. The number of rotatable bonds is 4. The summed E-state index contributed by atoms with van der Waals surface area (Å²) in [6.45, 7) is 5.34. The summed E-state index contributed by atoms with van der Waals surface area (Å²) in [7, 11) is 0. The van der Waals surface area contributed by atoms with Crippen molar-refractivity contribution < 1.29 is 4.74 Å². The zero-order valence-corrected chi connectivity index (χ0v) is 11.0. The van der Waals surface area contributed by atoms with Crippen LogP contribution in [0.5, 0.6) is 5.75 Å². The number of aryl methyl sites for hydroxylation is 2. The molecule has 1 aromatic heterocycles. The first-order valence-corrected chi connectivity index (χ1v) is 6.59. The molecule has 0 bridgehead atoms. The van der Waals surface area contributed by atoms with Crippen molar-refractivity contribution in [3.8, 4) is 5.75 Å². The van der Waals surface area contributed by atoms with Crippen molar-refractivity contribution >= 4 is 11.3 Å². The van der Waals surface area contributed by atoms with E-state index < -0.39 is 0 Å². The standard InChI is InChI=1S/C14H17NOS/c1-10-5-13(7-15)6-11(2)14(10)16-8-12-3-4-17-9-12/h3-6,9H,7-8,15H2,1-2H3. The average Bonchev–Trinajstić information content (AvgIpc) is 2.80. The van der Waals surface area contributed by atoms with Crippen molar-refractivity contribution in [2.24, 2.45) is 5.73 Å². The van der Waals surface area contributed by atoms with E-state index in [0.29, 0.717) is 13.2 Å². The molecule has 2 rings (SSSR count). The van der Waals surface area contributed by atoms with Crippen LogP contribution < -0.4 is 10.5 Å². The number of benzene rings is 1. The molecule has 0 radical (unpaired) electrons. The summed E-state index contributed by atoms with van der Waals surface area (Å²) in [4.78, 5) is 0. The highest BCUT2D eigenvalue weighted by atomic mass is 32.1. The van der Waals surface area contributed by atoms with Gasteiger partial charge in [0.25, 0.3) is 0 Å². The predicted octanol–water partition coefficient (Wildman–Crippen LogP) is 3.40. The van der Waals surface area contributed by atoms with Crippen LogP contribution in [0.2, 0.25) is 0 Å². The maximum atomic E-state index is 5.88. The summed E-state index contributed by atoms with van der Waals surface area (Å²) >= 11 is 1.69. The first-order valence-electron chi connectivity index (χ1n) is 5.64. The highest BCUT2D eigenvalue weighted by Crippen LogP contribution is 2.25. The van der Waals surface area contributed by atoms with E-state index in [4.69, 9.17) is 10.5 Å². The second-order valence-electron chi connectivity index (χ2n) is 4.18. The number of hydrogen-bond acceptors (Lipinski definition) is 3. The van der Waals surface area contributed by atoms with E-state index in [1.807, 2.05) is 0 Å². The SMILES string of the molecule is Cc1cc(CN)cc(C)c1OCc1ccsc1. The minimum absolute atomic E-state index is 0.576. The molecule has 0 saturated heterocycles. The maximum absolute atomic E-state index is 5.88. The zero-order chi connectivity index (χ0) is 12.3. The van der Waals surface area contributed by atoms with E-state index in [9.17, 15) is 0 Å². The molecule has 2 aromatic rings. The van der Waals surface area contributed by atoms with Gasteiger partial charge in [0.2, 0.25) is 0 Å². The molecule has 90 valence electrons. The molecule has 1 heterocycles. The molecule has 1 aromatic carbocycles. The Hall–Kier alpha value is -1.32. The van der Waals surface area contributed by atoms with Crippen LogP contribution in [-0.2, 0) is 13.2 Å². The summed E-state index contributed by atoms with van der Waals surface area (Å²) in [5.41, 5.74) is 10.3. The molecule has 0 aliphatic heterocycles. The lowest BCUT2D eigenvalue weighted by Gasteiger charge is -2.13. The van der Waals surface area contributed by atoms with E-state index in [1.54, 1.807) is 11.3 Å². The van der Waals surface area contributed by atoms with Crippen molar-refractivity contribution in [1.29, 1.82) is 0 Å². The fourth-order valence-corrected chi connectivity index (χ4v) is 2.57. The normalized spacial score (nSPS) is 10.5. The largest absolute Gasteiger partial charge is 0.488 e. The lowest BCUT2D eigenvalue weighted by molar-refractivity contribution is 0.302. The summed E-state index contributed by atoms with van der Waals surface area (Å²) in [5.74, 6) is 0.980. The zero-order valence-electron chi connectivity index (χ0n) is 10.2. The van der Waals surface area contributed by atoms with Gasteiger partial charge in [-0.3, -0.25) is 0 Å². The van der Waals surface area contributed by atoms with Gasteiger partial charge in [-0.25, -0.2) is 0 Å². The second kappa shape index (κ2) is 5.34. The lowest BCUT2D eigenvalue weighted by Crippen LogP contribution is -2.02. The second-order valence-corrected chi connectivity index (χ2v) is 4.96. The molecule has 0 fully saturated rings. The molecule has 0 saturated carbocycles. The Morgan fingerprint density at radius 3 is 2.41 bits per heavy atom. The maximum Gasteiger partial charge on any atom is 0.125 e. The van der Waals surface area contributed by atoms with Crippen LogP contribution in [0.25, 0.3) is 0 Å². The molecule has 0 aliphatic rings. The predicted molar refractivity (Wildman–Crippen MR) is 72.5 cm³/mol. The lowest BCUT2D eigenvalue weighted by atomic mass is 10.1. The summed E-state index contributed by atoms with van der Waals surface area (Å²) in [6, 6.07) is 6.27. The summed E-state index contributed by atoms with van der Waals surface area (Å²) < 4.78 is 5.88. The molecule has 3 heteroatoms. The Balaban J connectivity index is 2.15. The number of thiophene rings is 1. The molecular formula is C14H17NOS. The molecule has 0 atom stereocenters. The van der Waals surface area contributed by atoms with Crippen LogP contribution in [0.15, 0.2) is 29.0 Å². The molecule has 0 aliphatic carbocycles.